The van der Waals surface area contributed by atoms with Gasteiger partial charge in [0.25, 0.3) is 11.8 Å². The fraction of sp³-hybridized carbons (Fsp3) is 0.250. The van der Waals surface area contributed by atoms with E-state index >= 15 is 0 Å². The molecule has 1 atom stereocenters. The van der Waals surface area contributed by atoms with Crippen LogP contribution in [0.25, 0.3) is 11.4 Å². The molecule has 3 heterocycles. The number of anilines is 3. The van der Waals surface area contributed by atoms with E-state index in [1.165, 1.54) is 30.1 Å². The number of aromatic amines is 1. The van der Waals surface area contributed by atoms with Gasteiger partial charge >= 0.3 is 6.18 Å². The molecule has 2 amide bonds. The van der Waals surface area contributed by atoms with Crippen LogP contribution in [0.2, 0.25) is 10.2 Å². The van der Waals surface area contributed by atoms with E-state index in [-0.39, 0.29) is 17.1 Å². The molecule has 0 bridgehead atoms. The topological polar surface area (TPSA) is 148 Å². The van der Waals surface area contributed by atoms with E-state index in [9.17, 15) is 22.8 Å². The van der Waals surface area contributed by atoms with Crippen molar-refractivity contribution in [1.29, 1.82) is 0 Å². The standard InChI is InChI=1S/C32H28Cl2F3N9O2/c1-15-5-4-6-16(2)23(15)40-30(47)25(24-21(32(35,36)37)13-22(33)26(34)39-24)46(31(48)20-14-45(3)44-27(20)38)19-11-9-18(10-12-19)29-41-28(42-43-29)17-7-8-17/h4-6,9-14,17,25H,7-8H2,1-3H3,(H2,38,44)(H,40,47)(H,41,42,43). The summed E-state index contributed by atoms with van der Waals surface area (Å²) in [7, 11) is 1.52. The largest absolute Gasteiger partial charge is 0.418 e. The molecule has 48 heavy (non-hydrogen) atoms. The first kappa shape index (κ1) is 33.0. The molecule has 0 radical (unpaired) electrons. The van der Waals surface area contributed by atoms with Crippen LogP contribution < -0.4 is 16.0 Å². The molecule has 0 spiro atoms. The SMILES string of the molecule is Cc1cccc(C)c1NC(=O)C(c1nc(Cl)c(Cl)cc1C(F)(F)F)N(C(=O)c1cn(C)nc1N)c1ccc(-c2n[nH]c(C3CC3)n2)cc1. The maximum atomic E-state index is 14.7. The number of carbonyl (C=O) groups excluding carboxylic acids is 2. The van der Waals surface area contributed by atoms with Crippen LogP contribution in [0.1, 0.15) is 63.4 Å². The van der Waals surface area contributed by atoms with Crippen molar-refractivity contribution in [2.24, 2.45) is 7.05 Å². The Balaban J connectivity index is 1.55. The van der Waals surface area contributed by atoms with Crippen LogP contribution >= 0.6 is 23.2 Å². The van der Waals surface area contributed by atoms with Gasteiger partial charge in [-0.1, -0.05) is 41.4 Å². The third-order valence-electron chi connectivity index (χ3n) is 7.94. The number of aromatic nitrogens is 6. The Morgan fingerprint density at radius 2 is 1.75 bits per heavy atom. The third kappa shape index (κ3) is 6.45. The minimum Gasteiger partial charge on any atom is -0.382 e. The van der Waals surface area contributed by atoms with Gasteiger partial charge in [0.2, 0.25) is 0 Å². The second-order valence-corrected chi connectivity index (χ2v) is 12.3. The lowest BCUT2D eigenvalue weighted by Crippen LogP contribution is -2.43. The highest BCUT2D eigenvalue weighted by atomic mass is 35.5. The lowest BCUT2D eigenvalue weighted by molar-refractivity contribution is -0.138. The van der Waals surface area contributed by atoms with Crippen molar-refractivity contribution in [2.75, 3.05) is 16.0 Å². The highest BCUT2D eigenvalue weighted by molar-refractivity contribution is 6.41. The summed E-state index contributed by atoms with van der Waals surface area (Å²) in [5, 5.41) is 13.0. The first-order valence-electron chi connectivity index (χ1n) is 14.7. The van der Waals surface area contributed by atoms with Gasteiger partial charge in [-0.15, -0.1) is 0 Å². The fourth-order valence-electron chi connectivity index (χ4n) is 5.38. The number of amides is 2. The number of carbonyl (C=O) groups is 2. The maximum Gasteiger partial charge on any atom is 0.418 e. The number of nitrogens with zero attached hydrogens (tertiary/aromatic N) is 6. The number of nitrogens with one attached hydrogen (secondary N) is 2. The summed E-state index contributed by atoms with van der Waals surface area (Å²) < 4.78 is 45.3. The molecule has 1 saturated carbocycles. The summed E-state index contributed by atoms with van der Waals surface area (Å²) >= 11 is 12.2. The zero-order valence-electron chi connectivity index (χ0n) is 25.7. The molecule has 1 aliphatic rings. The lowest BCUT2D eigenvalue weighted by atomic mass is 10.0. The Hall–Kier alpha value is -4.95. The monoisotopic (exact) mass is 697 g/mol. The van der Waals surface area contributed by atoms with Crippen LogP contribution in [0, 0.1) is 13.8 Å². The van der Waals surface area contributed by atoms with Gasteiger partial charge < -0.3 is 11.1 Å². The Morgan fingerprint density at radius 3 is 2.33 bits per heavy atom. The summed E-state index contributed by atoms with van der Waals surface area (Å²) in [5.74, 6) is -0.665. The maximum absolute atomic E-state index is 14.7. The highest BCUT2D eigenvalue weighted by Crippen LogP contribution is 2.42. The number of pyridine rings is 1. The molecule has 0 aliphatic heterocycles. The predicted molar refractivity (Wildman–Crippen MR) is 175 cm³/mol. The predicted octanol–water partition coefficient (Wildman–Crippen LogP) is 7.03. The Bertz CT molecular complexity index is 2020. The number of aryl methyl sites for hydroxylation is 3. The Kier molecular flexibility index (Phi) is 8.64. The molecule has 4 N–H and O–H groups in total. The van der Waals surface area contributed by atoms with Crippen molar-refractivity contribution in [3.8, 4) is 11.4 Å². The summed E-state index contributed by atoms with van der Waals surface area (Å²) in [4.78, 5) is 38.3. The van der Waals surface area contributed by atoms with Crippen LogP contribution in [-0.2, 0) is 18.0 Å². The lowest BCUT2D eigenvalue weighted by Gasteiger charge is -2.32. The Morgan fingerprint density at radius 1 is 1.08 bits per heavy atom. The summed E-state index contributed by atoms with van der Waals surface area (Å²) in [5.41, 5.74) is 5.91. The van der Waals surface area contributed by atoms with Gasteiger partial charge in [0, 0.05) is 36.1 Å². The smallest absolute Gasteiger partial charge is 0.382 e. The first-order chi connectivity index (χ1) is 22.7. The summed E-state index contributed by atoms with van der Waals surface area (Å²) in [6.45, 7) is 3.46. The first-order valence-corrected chi connectivity index (χ1v) is 15.4. The van der Waals surface area contributed by atoms with Crippen LogP contribution in [0.5, 0.6) is 0 Å². The van der Waals surface area contributed by atoms with Crippen LogP contribution in [0.15, 0.2) is 54.7 Å². The second-order valence-electron chi connectivity index (χ2n) is 11.5. The minimum absolute atomic E-state index is 0.0348. The van der Waals surface area contributed by atoms with Crippen molar-refractivity contribution in [1.82, 2.24) is 29.9 Å². The number of H-pyrrole nitrogens is 1. The van der Waals surface area contributed by atoms with E-state index in [1.807, 2.05) is 0 Å². The minimum atomic E-state index is -5.05. The van der Waals surface area contributed by atoms with Gasteiger partial charge in [0.05, 0.1) is 16.3 Å². The zero-order chi connectivity index (χ0) is 34.5. The molecule has 6 rings (SSSR count). The van der Waals surface area contributed by atoms with E-state index in [2.05, 4.69) is 30.6 Å². The fourth-order valence-corrected chi connectivity index (χ4v) is 5.68. The van der Waals surface area contributed by atoms with Gasteiger partial charge in [-0.3, -0.25) is 24.3 Å². The van der Waals surface area contributed by atoms with E-state index in [1.54, 1.807) is 44.2 Å². The van der Waals surface area contributed by atoms with Crippen molar-refractivity contribution >= 4 is 52.2 Å². The molecule has 11 nitrogen and oxygen atoms in total. The Labute approximate surface area is 282 Å². The number of para-hydroxylation sites is 1. The molecule has 5 aromatic rings. The summed E-state index contributed by atoms with van der Waals surface area (Å²) in [6.07, 6.45) is -1.73. The number of halogens is 5. The van der Waals surface area contributed by atoms with Crippen LogP contribution in [0.4, 0.5) is 30.4 Å². The molecule has 248 valence electrons. The number of benzene rings is 2. The van der Waals surface area contributed by atoms with Gasteiger partial charge in [0.1, 0.15) is 16.5 Å². The third-order valence-corrected chi connectivity index (χ3v) is 8.61. The number of nitrogens with two attached hydrogens (primary N) is 1. The number of hydrogen-bond donors (Lipinski definition) is 3. The molecule has 1 fully saturated rings. The van der Waals surface area contributed by atoms with E-state index in [0.717, 1.165) is 23.6 Å². The van der Waals surface area contributed by atoms with E-state index < -0.39 is 45.5 Å². The van der Waals surface area contributed by atoms with E-state index in [0.29, 0.717) is 40.2 Å². The molecule has 3 aromatic heterocycles. The molecule has 16 heteroatoms. The van der Waals surface area contributed by atoms with Crippen LogP contribution in [0.3, 0.4) is 0 Å². The van der Waals surface area contributed by atoms with Gasteiger partial charge in [-0.2, -0.15) is 23.4 Å². The van der Waals surface area contributed by atoms with Crippen molar-refractivity contribution in [3.05, 3.63) is 98.7 Å². The normalized spacial score (nSPS) is 13.8. The van der Waals surface area contributed by atoms with Gasteiger partial charge in [-0.25, -0.2) is 9.97 Å². The molecule has 1 unspecified atom stereocenters. The summed E-state index contributed by atoms with van der Waals surface area (Å²) in [6, 6.07) is 9.88. The molecule has 1 aliphatic carbocycles. The molecule has 2 aromatic carbocycles. The quantitative estimate of drug-likeness (QED) is 0.148. The number of alkyl halides is 3. The average Bonchev–Trinajstić information content (AvgIpc) is 3.66. The van der Waals surface area contributed by atoms with Crippen molar-refractivity contribution in [3.63, 3.8) is 0 Å². The van der Waals surface area contributed by atoms with Crippen LogP contribution in [-0.4, -0.2) is 41.8 Å². The van der Waals surface area contributed by atoms with Crippen molar-refractivity contribution in [2.45, 2.75) is 44.8 Å². The average molecular weight is 699 g/mol. The highest BCUT2D eigenvalue weighted by Gasteiger charge is 2.44. The number of nitrogen functional groups attached to an aromatic ring is 1. The molecular formula is C32H28Cl2F3N9O2. The second kappa shape index (κ2) is 12.6. The zero-order valence-corrected chi connectivity index (χ0v) is 27.2. The number of rotatable bonds is 8. The number of hydrogen-bond acceptors (Lipinski definition) is 7. The van der Waals surface area contributed by atoms with Crippen molar-refractivity contribution < 1.29 is 22.8 Å². The molecular weight excluding hydrogens is 670 g/mol. The van der Waals surface area contributed by atoms with Gasteiger partial charge in [-0.05, 0) is 68.1 Å². The van der Waals surface area contributed by atoms with E-state index in [4.69, 9.17) is 28.9 Å². The van der Waals surface area contributed by atoms with Gasteiger partial charge in [0.15, 0.2) is 17.7 Å². The molecule has 0 saturated heterocycles.